The van der Waals surface area contributed by atoms with Crippen LogP contribution in [0.5, 0.6) is 0 Å². The summed E-state index contributed by atoms with van der Waals surface area (Å²) in [6, 6.07) is 0. The maximum atomic E-state index is 3.17. The molecule has 2 unspecified atom stereocenters. The van der Waals surface area contributed by atoms with Crippen LogP contribution in [0.25, 0.3) is 0 Å². The normalized spacial score (nSPS) is 52.0. The minimum Gasteiger partial charge on any atom is -0.289 e. The van der Waals surface area contributed by atoms with E-state index in [1.165, 1.54) is 6.67 Å². The molecule has 2 rings (SSSR count). The maximum Gasteiger partial charge on any atom is 0.0817 e. The Balaban J connectivity index is 2.09. The van der Waals surface area contributed by atoms with Crippen molar-refractivity contribution in [3.63, 3.8) is 0 Å². The second-order valence-corrected chi connectivity index (χ2v) is 1.72. The van der Waals surface area contributed by atoms with Gasteiger partial charge in [0.05, 0.1) is 20.0 Å². The van der Waals surface area contributed by atoms with Gasteiger partial charge in [0, 0.05) is 0 Å². The molecule has 0 radical (unpaired) electrons. The van der Waals surface area contributed by atoms with Crippen LogP contribution < -0.4 is 5.32 Å². The fourth-order valence-electron chi connectivity index (χ4n) is 0.768. The lowest BCUT2D eigenvalue weighted by molar-refractivity contribution is 0.412. The van der Waals surface area contributed by atoms with Gasteiger partial charge in [-0.05, 0) is 0 Å². The molecule has 6 heavy (non-hydrogen) atoms. The average molecular weight is 85.1 g/mol. The van der Waals surface area contributed by atoms with Gasteiger partial charge in [-0.1, -0.05) is 0 Å². The molecular weight excluding hydrogens is 78.1 g/mol. The van der Waals surface area contributed by atoms with Gasteiger partial charge < -0.3 is 0 Å². The molecule has 0 bridgehead atoms. The van der Waals surface area contributed by atoms with E-state index in [1.54, 1.807) is 0 Å². The fourth-order valence-corrected chi connectivity index (χ4v) is 0.768. The predicted octanol–water partition coefficient (Wildman–Crippen LogP) is -1.01. The van der Waals surface area contributed by atoms with Crippen molar-refractivity contribution in [2.24, 2.45) is 0 Å². The van der Waals surface area contributed by atoms with Gasteiger partial charge in [0.1, 0.15) is 0 Å². The molecule has 0 spiro atoms. The molecule has 2 atom stereocenters. The molecule has 0 aliphatic carbocycles. The van der Waals surface area contributed by atoms with Crippen LogP contribution in [0.3, 0.4) is 0 Å². The lowest BCUT2D eigenvalue weighted by Crippen LogP contribution is -2.15. The molecule has 2 fully saturated rings. The summed E-state index contributed by atoms with van der Waals surface area (Å²) < 4.78 is 0. The summed E-state index contributed by atoms with van der Waals surface area (Å²) in [5.41, 5.74) is 0. The minimum absolute atomic E-state index is 1.07. The van der Waals surface area contributed by atoms with Crippen LogP contribution in [0.1, 0.15) is 0 Å². The number of nitrogens with zero attached hydrogens (tertiary/aromatic N) is 2. The molecule has 0 saturated carbocycles. The standard InChI is InChI=1S/C3H7N3/c1-4-2-6-3-5(1)6/h4H,1-3H2. The van der Waals surface area contributed by atoms with Gasteiger partial charge in [-0.25, -0.2) is 10.0 Å². The van der Waals surface area contributed by atoms with E-state index in [-0.39, 0.29) is 0 Å². The van der Waals surface area contributed by atoms with Crippen molar-refractivity contribution < 1.29 is 0 Å². The number of rotatable bonds is 0. The summed E-state index contributed by atoms with van der Waals surface area (Å²) >= 11 is 0. The molecule has 2 heterocycles. The Morgan fingerprint density at radius 1 is 1.17 bits per heavy atom. The second kappa shape index (κ2) is 0.753. The Kier molecular flexibility index (Phi) is 0.371. The van der Waals surface area contributed by atoms with Crippen molar-refractivity contribution in [2.45, 2.75) is 0 Å². The third-order valence-corrected chi connectivity index (χ3v) is 1.23. The highest BCUT2D eigenvalue weighted by Crippen LogP contribution is 2.14. The molecule has 3 nitrogen and oxygen atoms in total. The molecule has 3 heteroatoms. The Bertz CT molecular complexity index is 64.4. The molecule has 2 aliphatic heterocycles. The first-order chi connectivity index (χ1) is 2.97. The summed E-state index contributed by atoms with van der Waals surface area (Å²) in [6.07, 6.45) is 0. The Hall–Kier alpha value is -0.120. The van der Waals surface area contributed by atoms with E-state index >= 15 is 0 Å². The molecule has 0 aromatic rings. The van der Waals surface area contributed by atoms with Crippen molar-refractivity contribution >= 4 is 0 Å². The van der Waals surface area contributed by atoms with E-state index in [9.17, 15) is 0 Å². The minimum atomic E-state index is 1.07. The van der Waals surface area contributed by atoms with Gasteiger partial charge in [-0.15, -0.1) is 0 Å². The Labute approximate surface area is 36.5 Å². The average Bonchev–Trinajstić information content (AvgIpc) is 2.17. The number of hydrogen-bond acceptors (Lipinski definition) is 3. The van der Waals surface area contributed by atoms with Crippen LogP contribution in [0.4, 0.5) is 0 Å². The highest BCUT2D eigenvalue weighted by molar-refractivity contribution is 4.72. The summed E-state index contributed by atoms with van der Waals surface area (Å²) in [5, 5.41) is 7.67. The lowest BCUT2D eigenvalue weighted by atomic mass is 10.9. The molecule has 0 amide bonds. The van der Waals surface area contributed by atoms with E-state index in [4.69, 9.17) is 0 Å². The maximum absolute atomic E-state index is 3.17. The van der Waals surface area contributed by atoms with E-state index in [0.29, 0.717) is 0 Å². The molecule has 0 aromatic heterocycles. The highest BCUT2D eigenvalue weighted by atomic mass is 15.9. The van der Waals surface area contributed by atoms with Crippen LogP contribution in [-0.2, 0) is 0 Å². The van der Waals surface area contributed by atoms with E-state index in [2.05, 4.69) is 15.3 Å². The van der Waals surface area contributed by atoms with Crippen LogP contribution in [-0.4, -0.2) is 30.0 Å². The summed E-state index contributed by atoms with van der Waals surface area (Å²) in [4.78, 5) is 0. The number of fused-ring (bicyclic) bond motifs is 1. The molecule has 0 aromatic carbocycles. The molecule has 2 saturated heterocycles. The molecule has 2 aliphatic rings. The second-order valence-electron chi connectivity index (χ2n) is 1.72. The van der Waals surface area contributed by atoms with Gasteiger partial charge in [0.2, 0.25) is 0 Å². The number of hydrogen-bond donors (Lipinski definition) is 1. The van der Waals surface area contributed by atoms with Crippen LogP contribution in [0, 0.1) is 0 Å². The van der Waals surface area contributed by atoms with Gasteiger partial charge in [-0.3, -0.25) is 5.32 Å². The zero-order valence-corrected chi connectivity index (χ0v) is 3.52. The highest BCUT2D eigenvalue weighted by Gasteiger charge is 2.34. The van der Waals surface area contributed by atoms with Crippen molar-refractivity contribution in [3.05, 3.63) is 0 Å². The Morgan fingerprint density at radius 3 is 2.00 bits per heavy atom. The topological polar surface area (TPSA) is 18.0 Å². The SMILES string of the molecule is C1NCN2CN12. The van der Waals surface area contributed by atoms with Crippen molar-refractivity contribution in [3.8, 4) is 0 Å². The third kappa shape index (κ3) is 0.228. The molecule has 34 valence electrons. The monoisotopic (exact) mass is 85.1 g/mol. The molecule has 1 N–H and O–H groups in total. The zero-order valence-electron chi connectivity index (χ0n) is 3.52. The van der Waals surface area contributed by atoms with Crippen molar-refractivity contribution in [1.29, 1.82) is 0 Å². The number of nitrogens with one attached hydrogen (secondary N) is 1. The van der Waals surface area contributed by atoms with Crippen LogP contribution in [0.2, 0.25) is 0 Å². The van der Waals surface area contributed by atoms with Gasteiger partial charge in [-0.2, -0.15) is 0 Å². The third-order valence-electron chi connectivity index (χ3n) is 1.23. The first-order valence-corrected chi connectivity index (χ1v) is 2.17. The van der Waals surface area contributed by atoms with Crippen molar-refractivity contribution in [1.82, 2.24) is 15.3 Å². The number of hydrazine groups is 1. The lowest BCUT2D eigenvalue weighted by Gasteiger charge is -1.84. The van der Waals surface area contributed by atoms with Gasteiger partial charge in [0.15, 0.2) is 0 Å². The van der Waals surface area contributed by atoms with Crippen LogP contribution in [0.15, 0.2) is 0 Å². The van der Waals surface area contributed by atoms with E-state index in [1.807, 2.05) is 0 Å². The summed E-state index contributed by atoms with van der Waals surface area (Å²) in [5.74, 6) is 0. The van der Waals surface area contributed by atoms with E-state index in [0.717, 1.165) is 13.3 Å². The Morgan fingerprint density at radius 2 is 1.83 bits per heavy atom. The van der Waals surface area contributed by atoms with E-state index < -0.39 is 0 Å². The zero-order chi connectivity index (χ0) is 3.98. The van der Waals surface area contributed by atoms with Gasteiger partial charge >= 0.3 is 0 Å². The van der Waals surface area contributed by atoms with Gasteiger partial charge in [0.25, 0.3) is 0 Å². The first kappa shape index (κ1) is 2.96. The van der Waals surface area contributed by atoms with Crippen molar-refractivity contribution in [2.75, 3.05) is 20.0 Å². The molecular formula is C3H7N3. The fraction of sp³-hybridized carbons (Fsp3) is 1.00. The summed E-state index contributed by atoms with van der Waals surface area (Å²) in [7, 11) is 0. The first-order valence-electron chi connectivity index (χ1n) is 2.17. The largest absolute Gasteiger partial charge is 0.289 e. The smallest absolute Gasteiger partial charge is 0.0817 e. The predicted molar refractivity (Wildman–Crippen MR) is 21.4 cm³/mol. The summed E-state index contributed by atoms with van der Waals surface area (Å²) in [6.45, 7) is 3.33. The quantitative estimate of drug-likeness (QED) is 0.380. The van der Waals surface area contributed by atoms with Crippen LogP contribution >= 0.6 is 0 Å².